The van der Waals surface area contributed by atoms with E-state index in [-0.39, 0.29) is 22.2 Å². The molecular formula is C19H21F3N2O3S. The first-order valence-corrected chi connectivity index (χ1v) is 10.0. The van der Waals surface area contributed by atoms with Crippen LogP contribution in [0.5, 0.6) is 0 Å². The second kappa shape index (κ2) is 8.46. The Morgan fingerprint density at radius 1 is 1.14 bits per heavy atom. The van der Waals surface area contributed by atoms with Gasteiger partial charge in [-0.1, -0.05) is 19.3 Å². The molecule has 0 aliphatic carbocycles. The summed E-state index contributed by atoms with van der Waals surface area (Å²) in [5, 5.41) is 0.472. The molecule has 1 aliphatic heterocycles. The number of pyridine rings is 1. The van der Waals surface area contributed by atoms with Gasteiger partial charge in [0.05, 0.1) is 0 Å². The predicted molar refractivity (Wildman–Crippen MR) is 99.3 cm³/mol. The van der Waals surface area contributed by atoms with E-state index >= 15 is 0 Å². The molecule has 1 amide bonds. The average Bonchev–Trinajstić information content (AvgIpc) is 2.95. The first-order chi connectivity index (χ1) is 13.3. The fraction of sp³-hybridized carbons (Fsp3) is 0.526. The first kappa shape index (κ1) is 20.6. The third kappa shape index (κ3) is 4.63. The Morgan fingerprint density at radius 2 is 1.79 bits per heavy atom. The van der Waals surface area contributed by atoms with Crippen molar-refractivity contribution in [2.45, 2.75) is 45.2 Å². The van der Waals surface area contributed by atoms with E-state index < -0.39 is 17.8 Å². The summed E-state index contributed by atoms with van der Waals surface area (Å²) in [6.07, 6.45) is 0.650. The van der Waals surface area contributed by atoms with Gasteiger partial charge in [-0.15, -0.1) is 11.3 Å². The van der Waals surface area contributed by atoms with Crippen molar-refractivity contribution in [2.24, 2.45) is 0 Å². The number of fused-ring (bicyclic) bond motifs is 1. The third-order valence-electron chi connectivity index (χ3n) is 4.81. The van der Waals surface area contributed by atoms with E-state index in [0.717, 1.165) is 43.1 Å². The number of rotatable bonds is 3. The molecule has 1 saturated heterocycles. The van der Waals surface area contributed by atoms with Gasteiger partial charge in [0.1, 0.15) is 15.4 Å². The number of carbonyl (C=O) groups is 2. The van der Waals surface area contributed by atoms with Gasteiger partial charge in [-0.05, 0) is 37.5 Å². The monoisotopic (exact) mass is 414 g/mol. The van der Waals surface area contributed by atoms with Gasteiger partial charge in [-0.3, -0.25) is 4.79 Å². The van der Waals surface area contributed by atoms with Crippen molar-refractivity contribution in [3.8, 4) is 0 Å². The van der Waals surface area contributed by atoms with Gasteiger partial charge in [0, 0.05) is 18.5 Å². The summed E-state index contributed by atoms with van der Waals surface area (Å²) in [4.78, 5) is 30.3. The van der Waals surface area contributed by atoms with Crippen LogP contribution in [-0.4, -0.2) is 41.5 Å². The predicted octanol–water partition coefficient (Wildman–Crippen LogP) is 4.57. The fourth-order valence-electron chi connectivity index (χ4n) is 3.23. The van der Waals surface area contributed by atoms with E-state index in [1.165, 1.54) is 12.5 Å². The van der Waals surface area contributed by atoms with Crippen molar-refractivity contribution < 1.29 is 27.5 Å². The van der Waals surface area contributed by atoms with Crippen LogP contribution in [0.2, 0.25) is 0 Å². The number of esters is 1. The van der Waals surface area contributed by atoms with Crippen LogP contribution < -0.4 is 0 Å². The summed E-state index contributed by atoms with van der Waals surface area (Å²) in [6.45, 7) is 2.57. The minimum atomic E-state index is -4.55. The van der Waals surface area contributed by atoms with Crippen LogP contribution in [0.15, 0.2) is 12.1 Å². The number of nitrogens with zero attached hydrogens (tertiary/aromatic N) is 2. The number of likely N-dealkylation sites (tertiary alicyclic amines) is 1. The number of aromatic nitrogens is 1. The molecular weight excluding hydrogens is 393 g/mol. The molecule has 152 valence electrons. The highest BCUT2D eigenvalue weighted by atomic mass is 32.1. The lowest BCUT2D eigenvalue weighted by atomic mass is 10.1. The van der Waals surface area contributed by atoms with E-state index in [1.54, 1.807) is 11.8 Å². The normalized spacial score (nSPS) is 15.9. The molecule has 0 saturated carbocycles. The molecule has 0 spiro atoms. The minimum absolute atomic E-state index is 0.120. The number of hydrogen-bond acceptors (Lipinski definition) is 5. The molecule has 0 bridgehead atoms. The Labute approximate surface area is 164 Å². The Hall–Kier alpha value is -2.16. The molecule has 2 aromatic rings. The maximum atomic E-state index is 12.8. The van der Waals surface area contributed by atoms with Gasteiger partial charge in [0.25, 0.3) is 5.91 Å². The molecule has 0 N–H and O–H groups in total. The summed E-state index contributed by atoms with van der Waals surface area (Å²) >= 11 is 0.845. The van der Waals surface area contributed by atoms with Gasteiger partial charge in [-0.2, -0.15) is 13.2 Å². The largest absolute Gasteiger partial charge is 0.451 e. The molecule has 3 rings (SSSR count). The molecule has 1 fully saturated rings. The lowest BCUT2D eigenvalue weighted by molar-refractivity contribution is -0.141. The quantitative estimate of drug-likeness (QED) is 0.690. The maximum Gasteiger partial charge on any atom is 0.433 e. The van der Waals surface area contributed by atoms with Gasteiger partial charge in [0.2, 0.25) is 0 Å². The lowest BCUT2D eigenvalue weighted by Crippen LogP contribution is -2.36. The minimum Gasteiger partial charge on any atom is -0.451 e. The molecule has 28 heavy (non-hydrogen) atoms. The highest BCUT2D eigenvalue weighted by Crippen LogP contribution is 2.34. The van der Waals surface area contributed by atoms with Crippen molar-refractivity contribution in [1.82, 2.24) is 9.88 Å². The molecule has 1 aliphatic rings. The number of alkyl halides is 3. The van der Waals surface area contributed by atoms with Crippen LogP contribution in [0, 0.1) is 6.92 Å². The molecule has 2 aromatic heterocycles. The molecule has 0 aromatic carbocycles. The van der Waals surface area contributed by atoms with E-state index in [9.17, 15) is 22.8 Å². The SMILES string of the molecule is Cc1c(C(=O)OCC(=O)N2CCCCCCC2)sc2nc(C(F)(F)F)ccc12. The number of hydrogen-bond donors (Lipinski definition) is 0. The Kier molecular flexibility index (Phi) is 6.22. The van der Waals surface area contributed by atoms with Crippen LogP contribution in [0.4, 0.5) is 13.2 Å². The number of thiophene rings is 1. The van der Waals surface area contributed by atoms with Crippen molar-refractivity contribution in [3.05, 3.63) is 28.3 Å². The molecule has 0 atom stereocenters. The van der Waals surface area contributed by atoms with Crippen LogP contribution >= 0.6 is 11.3 Å². The molecule has 5 nitrogen and oxygen atoms in total. The highest BCUT2D eigenvalue weighted by molar-refractivity contribution is 7.20. The van der Waals surface area contributed by atoms with Gasteiger partial charge < -0.3 is 9.64 Å². The fourth-order valence-corrected chi connectivity index (χ4v) is 4.31. The van der Waals surface area contributed by atoms with Crippen LogP contribution in [0.25, 0.3) is 10.2 Å². The Balaban J connectivity index is 1.69. The summed E-state index contributed by atoms with van der Waals surface area (Å²) < 4.78 is 43.6. The zero-order chi connectivity index (χ0) is 20.3. The van der Waals surface area contributed by atoms with Crippen LogP contribution in [-0.2, 0) is 15.7 Å². The van der Waals surface area contributed by atoms with E-state index in [1.807, 2.05) is 0 Å². The second-order valence-corrected chi connectivity index (χ2v) is 7.83. The standard InChI is InChI=1S/C19H21F3N2O3S/c1-12-13-7-8-14(19(20,21)22)23-17(13)28-16(12)18(26)27-11-15(25)24-9-5-3-2-4-6-10-24/h7-8H,2-6,9-11H2,1H3. The van der Waals surface area contributed by atoms with Crippen LogP contribution in [0.1, 0.15) is 53.0 Å². The van der Waals surface area contributed by atoms with Gasteiger partial charge >= 0.3 is 12.1 Å². The number of amides is 1. The van der Waals surface area contributed by atoms with Crippen molar-refractivity contribution >= 4 is 33.4 Å². The summed E-state index contributed by atoms with van der Waals surface area (Å²) in [5.74, 6) is -0.957. The topological polar surface area (TPSA) is 59.5 Å². The molecule has 0 unspecified atom stereocenters. The van der Waals surface area contributed by atoms with Crippen LogP contribution in [0.3, 0.4) is 0 Å². The second-order valence-electron chi connectivity index (χ2n) is 6.83. The van der Waals surface area contributed by atoms with E-state index in [0.29, 0.717) is 24.0 Å². The molecule has 0 radical (unpaired) electrons. The van der Waals surface area contributed by atoms with Gasteiger partial charge in [0.15, 0.2) is 6.61 Å². The van der Waals surface area contributed by atoms with Crippen molar-refractivity contribution in [2.75, 3.05) is 19.7 Å². The molecule has 9 heteroatoms. The number of aryl methyl sites for hydroxylation is 1. The average molecular weight is 414 g/mol. The Bertz CT molecular complexity index is 871. The molecule has 3 heterocycles. The highest BCUT2D eigenvalue weighted by Gasteiger charge is 2.33. The Morgan fingerprint density at radius 3 is 2.43 bits per heavy atom. The zero-order valence-electron chi connectivity index (χ0n) is 15.5. The van der Waals surface area contributed by atoms with Crippen molar-refractivity contribution in [3.63, 3.8) is 0 Å². The summed E-state index contributed by atoms with van der Waals surface area (Å²) in [7, 11) is 0. The first-order valence-electron chi connectivity index (χ1n) is 9.19. The summed E-state index contributed by atoms with van der Waals surface area (Å²) in [5.41, 5.74) is -0.502. The zero-order valence-corrected chi connectivity index (χ0v) is 16.3. The van der Waals surface area contributed by atoms with E-state index in [4.69, 9.17) is 4.74 Å². The summed E-state index contributed by atoms with van der Waals surface area (Å²) in [6, 6.07) is 2.20. The smallest absolute Gasteiger partial charge is 0.433 e. The van der Waals surface area contributed by atoms with Gasteiger partial charge in [-0.25, -0.2) is 9.78 Å². The third-order valence-corrected chi connectivity index (χ3v) is 6.00. The number of ether oxygens (including phenoxy) is 1. The maximum absolute atomic E-state index is 12.8. The lowest BCUT2D eigenvalue weighted by Gasteiger charge is -2.24. The van der Waals surface area contributed by atoms with E-state index in [2.05, 4.69) is 4.98 Å². The number of halogens is 3. The number of carbonyl (C=O) groups excluding carboxylic acids is 2. The van der Waals surface area contributed by atoms with Crippen molar-refractivity contribution in [1.29, 1.82) is 0 Å².